The Balaban J connectivity index is 1.01. The normalized spacial score (nSPS) is 13.2. The van der Waals surface area contributed by atoms with Gasteiger partial charge in [0.05, 0.1) is 27.8 Å². The number of hydrogen-bond acceptors (Lipinski definition) is 2. The van der Waals surface area contributed by atoms with Crippen LogP contribution < -0.4 is 4.90 Å². The quantitative estimate of drug-likeness (QED) is 0.168. The molecular weight excluding hydrogens is 807 g/mol. The Hall–Kier alpha value is -7.92. The molecule has 0 saturated carbocycles. The van der Waals surface area contributed by atoms with Gasteiger partial charge in [-0.1, -0.05) is 141 Å². The summed E-state index contributed by atoms with van der Waals surface area (Å²) in [5.74, 6) is 0. The largest absolute Gasteiger partial charge is 0.310 e. The highest BCUT2D eigenvalue weighted by Gasteiger charge is 2.37. The van der Waals surface area contributed by atoms with Crippen LogP contribution in [0.2, 0.25) is 0 Å². The smallest absolute Gasteiger partial charge is 0.0555 e. The van der Waals surface area contributed by atoms with Crippen LogP contribution in [0.1, 0.15) is 25.0 Å². The van der Waals surface area contributed by atoms with Gasteiger partial charge < -0.3 is 14.0 Å². The number of aromatic nitrogens is 2. The molecule has 0 spiro atoms. The van der Waals surface area contributed by atoms with Crippen molar-refractivity contribution >= 4 is 103 Å². The van der Waals surface area contributed by atoms with Crippen molar-refractivity contribution in [1.82, 2.24) is 9.13 Å². The molecule has 10 aromatic carbocycles. The molecule has 3 heterocycles. The molecule has 13 aromatic rings. The lowest BCUT2D eigenvalue weighted by Crippen LogP contribution is -2.17. The minimum Gasteiger partial charge on any atom is -0.310 e. The van der Waals surface area contributed by atoms with Gasteiger partial charge >= 0.3 is 0 Å². The third kappa shape index (κ3) is 5.11. The Labute approximate surface area is 380 Å². The summed E-state index contributed by atoms with van der Waals surface area (Å²) in [6.07, 6.45) is 0. The molecule has 0 radical (unpaired) electrons. The molecule has 0 saturated heterocycles. The zero-order valence-corrected chi connectivity index (χ0v) is 36.8. The number of nitrogens with zero attached hydrogens (tertiary/aromatic N) is 3. The van der Waals surface area contributed by atoms with Gasteiger partial charge in [-0.2, -0.15) is 0 Å². The first-order chi connectivity index (χ1) is 32.0. The third-order valence-corrected chi connectivity index (χ3v) is 15.5. The number of thiophene rings is 1. The van der Waals surface area contributed by atoms with Gasteiger partial charge in [0.1, 0.15) is 0 Å². The molecule has 3 aromatic heterocycles. The van der Waals surface area contributed by atoms with Gasteiger partial charge in [0.15, 0.2) is 0 Å². The van der Waals surface area contributed by atoms with Gasteiger partial charge in [0.25, 0.3) is 0 Å². The number of para-hydroxylation sites is 3. The second-order valence-corrected chi connectivity index (χ2v) is 19.1. The van der Waals surface area contributed by atoms with Gasteiger partial charge in [-0.15, -0.1) is 11.3 Å². The van der Waals surface area contributed by atoms with Crippen LogP contribution in [-0.2, 0) is 5.41 Å². The van der Waals surface area contributed by atoms with E-state index in [2.05, 4.69) is 240 Å². The van der Waals surface area contributed by atoms with Crippen LogP contribution in [0, 0.1) is 0 Å². The van der Waals surface area contributed by atoms with E-state index in [-0.39, 0.29) is 5.41 Å². The predicted octanol–water partition coefficient (Wildman–Crippen LogP) is 17.2. The summed E-state index contributed by atoms with van der Waals surface area (Å²) < 4.78 is 7.53. The fourth-order valence-electron chi connectivity index (χ4n) is 11.4. The van der Waals surface area contributed by atoms with Gasteiger partial charge in [0.2, 0.25) is 0 Å². The molecule has 0 N–H and O–H groups in total. The Kier molecular flexibility index (Phi) is 7.62. The molecular formula is C61H41N3S. The van der Waals surface area contributed by atoms with Gasteiger partial charge in [-0.05, 0) is 113 Å². The van der Waals surface area contributed by atoms with Gasteiger partial charge in [-0.3, -0.25) is 0 Å². The lowest BCUT2D eigenvalue weighted by molar-refractivity contribution is 0.661. The summed E-state index contributed by atoms with van der Waals surface area (Å²) in [7, 11) is 0. The molecule has 0 fully saturated rings. The molecule has 0 amide bonds. The van der Waals surface area contributed by atoms with E-state index in [1.807, 2.05) is 11.3 Å². The van der Waals surface area contributed by atoms with E-state index < -0.39 is 0 Å². The molecule has 1 aliphatic rings. The van der Waals surface area contributed by atoms with Crippen LogP contribution >= 0.6 is 11.3 Å². The van der Waals surface area contributed by atoms with Crippen LogP contribution in [0.15, 0.2) is 212 Å². The Bertz CT molecular complexity index is 4090. The standard InChI is InChI=1S/C61H41N3S/c1-61(2)50-24-12-8-22-47(50)58-45-21-7-6-18-42(45)56(37-51(58)61)62(41-32-34-54-49(36-41)43-19-9-13-25-52(43)63(54)38-16-4-3-5-17-38)39-28-30-40(31-29-39)64-53-26-14-10-23-48(53)59-55(64)35-33-46-44-20-11-15-27-57(44)65-60(46)59/h3-37H,1-2H3. The van der Waals surface area contributed by atoms with Crippen LogP contribution in [0.5, 0.6) is 0 Å². The SMILES string of the molecule is CC1(C)c2ccccc2-c2c1cc(N(c1ccc(-n3c4ccccc4c4c5sc6ccccc6c5ccc43)cc1)c1ccc3c(c1)c1ccccc1n3-c1ccccc1)c1ccccc21. The number of fused-ring (bicyclic) bond motifs is 15. The van der Waals surface area contributed by atoms with Gasteiger partial charge in [0, 0.05) is 75.3 Å². The maximum Gasteiger partial charge on any atom is 0.0555 e. The Morgan fingerprint density at radius 3 is 1.80 bits per heavy atom. The second kappa shape index (κ2) is 13.5. The van der Waals surface area contributed by atoms with Crippen LogP contribution in [-0.4, -0.2) is 9.13 Å². The molecule has 4 heteroatoms. The summed E-state index contributed by atoms with van der Waals surface area (Å²) in [5, 5.41) is 10.2. The summed E-state index contributed by atoms with van der Waals surface area (Å²) >= 11 is 1.90. The second-order valence-electron chi connectivity index (χ2n) is 18.1. The number of hydrogen-bond donors (Lipinski definition) is 0. The van der Waals surface area contributed by atoms with E-state index in [0.29, 0.717) is 0 Å². The van der Waals surface area contributed by atoms with Crippen molar-refractivity contribution in [3.63, 3.8) is 0 Å². The van der Waals surface area contributed by atoms with Crippen molar-refractivity contribution in [2.75, 3.05) is 4.90 Å². The zero-order valence-electron chi connectivity index (χ0n) is 36.0. The Morgan fingerprint density at radius 2 is 0.985 bits per heavy atom. The van der Waals surface area contributed by atoms with Crippen LogP contribution in [0.3, 0.4) is 0 Å². The number of rotatable bonds is 5. The Morgan fingerprint density at radius 1 is 0.400 bits per heavy atom. The van der Waals surface area contributed by atoms with Crippen molar-refractivity contribution < 1.29 is 0 Å². The topological polar surface area (TPSA) is 13.1 Å². The maximum absolute atomic E-state index is 2.51. The first kappa shape index (κ1) is 36.6. The van der Waals surface area contributed by atoms with Crippen molar-refractivity contribution in [2.45, 2.75) is 19.3 Å². The zero-order chi connectivity index (χ0) is 43.0. The van der Waals surface area contributed by atoms with Crippen molar-refractivity contribution in [2.24, 2.45) is 0 Å². The minimum absolute atomic E-state index is 0.177. The average molecular weight is 848 g/mol. The summed E-state index contributed by atoms with van der Waals surface area (Å²) in [6.45, 7) is 4.77. The molecule has 3 nitrogen and oxygen atoms in total. The fraction of sp³-hybridized carbons (Fsp3) is 0.0492. The summed E-state index contributed by atoms with van der Waals surface area (Å²) in [4.78, 5) is 2.51. The lowest BCUT2D eigenvalue weighted by Gasteiger charge is -2.30. The van der Waals surface area contributed by atoms with E-state index in [0.717, 1.165) is 22.7 Å². The van der Waals surface area contributed by atoms with E-state index in [9.17, 15) is 0 Å². The highest BCUT2D eigenvalue weighted by atomic mass is 32.1. The predicted molar refractivity (Wildman–Crippen MR) is 278 cm³/mol. The molecule has 0 bridgehead atoms. The highest BCUT2D eigenvalue weighted by molar-refractivity contribution is 7.26. The monoisotopic (exact) mass is 847 g/mol. The van der Waals surface area contributed by atoms with E-state index in [1.54, 1.807) is 0 Å². The van der Waals surface area contributed by atoms with Crippen molar-refractivity contribution in [1.29, 1.82) is 0 Å². The van der Waals surface area contributed by atoms with E-state index >= 15 is 0 Å². The average Bonchev–Trinajstić information content (AvgIpc) is 4.07. The molecule has 65 heavy (non-hydrogen) atoms. The first-order valence-corrected chi connectivity index (χ1v) is 23.3. The third-order valence-electron chi connectivity index (χ3n) is 14.3. The van der Waals surface area contributed by atoms with Crippen LogP contribution in [0.4, 0.5) is 17.1 Å². The van der Waals surface area contributed by atoms with E-state index in [4.69, 9.17) is 0 Å². The number of benzene rings is 10. The van der Waals surface area contributed by atoms with Gasteiger partial charge in [-0.25, -0.2) is 0 Å². The minimum atomic E-state index is -0.177. The van der Waals surface area contributed by atoms with Crippen molar-refractivity contribution in [3.05, 3.63) is 223 Å². The maximum atomic E-state index is 2.51. The molecule has 0 aliphatic heterocycles. The molecule has 14 rings (SSSR count). The van der Waals surface area contributed by atoms with Crippen molar-refractivity contribution in [3.8, 4) is 22.5 Å². The van der Waals surface area contributed by atoms with Crippen LogP contribution in [0.25, 0.3) is 97.1 Å². The first-order valence-electron chi connectivity index (χ1n) is 22.5. The molecule has 1 aliphatic carbocycles. The highest BCUT2D eigenvalue weighted by Crippen LogP contribution is 2.55. The molecule has 0 atom stereocenters. The van der Waals surface area contributed by atoms with E-state index in [1.165, 1.54) is 102 Å². The lowest BCUT2D eigenvalue weighted by atomic mass is 9.81. The number of anilines is 3. The summed E-state index contributed by atoms with van der Waals surface area (Å²) in [6, 6.07) is 78.8. The summed E-state index contributed by atoms with van der Waals surface area (Å²) in [5.41, 5.74) is 15.7. The molecule has 306 valence electrons. The fourth-order valence-corrected chi connectivity index (χ4v) is 12.6. The molecule has 0 unspecified atom stereocenters.